The lowest BCUT2D eigenvalue weighted by Crippen LogP contribution is -2.27. The van der Waals surface area contributed by atoms with Crippen LogP contribution in [-0.2, 0) is 36.0 Å². The fourth-order valence-electron chi connectivity index (χ4n) is 3.58. The molecule has 1 heterocycles. The second kappa shape index (κ2) is 13.7. The maximum Gasteiger partial charge on any atom is 0.257 e. The van der Waals surface area contributed by atoms with Gasteiger partial charge >= 0.3 is 0 Å². The number of ether oxygens (including phenoxy) is 1. The number of aromatic nitrogens is 2. The first-order chi connectivity index (χ1) is 16.9. The number of carbonyl (C=O) groups excluding carboxylic acids is 1. The number of carbonyl (C=O) groups is 1. The summed E-state index contributed by atoms with van der Waals surface area (Å²) in [4.78, 5) is 30.0. The van der Waals surface area contributed by atoms with Gasteiger partial charge in [0.2, 0.25) is 5.91 Å². The van der Waals surface area contributed by atoms with Crippen molar-refractivity contribution in [2.24, 2.45) is 7.05 Å². The molecule has 0 aliphatic heterocycles. The Morgan fingerprint density at radius 3 is 2.66 bits per heavy atom. The predicted octanol–water partition coefficient (Wildman–Crippen LogP) is 5.06. The first-order valence-electron chi connectivity index (χ1n) is 11.3. The minimum atomic E-state index is -0.0722. The van der Waals surface area contributed by atoms with Gasteiger partial charge in [-0.2, -0.15) is 0 Å². The van der Waals surface area contributed by atoms with Crippen LogP contribution in [0.5, 0.6) is 0 Å². The molecule has 0 aliphatic carbocycles. The number of rotatable bonds is 12. The Morgan fingerprint density at radius 1 is 1.17 bits per heavy atom. The third-order valence-corrected chi connectivity index (χ3v) is 7.15. The van der Waals surface area contributed by atoms with Crippen molar-refractivity contribution in [3.8, 4) is 0 Å². The number of thioether (sulfide) groups is 1. The van der Waals surface area contributed by atoms with E-state index in [1.54, 1.807) is 30.9 Å². The summed E-state index contributed by atoms with van der Waals surface area (Å²) >= 11 is 13.6. The van der Waals surface area contributed by atoms with Crippen molar-refractivity contribution in [1.29, 1.82) is 0 Å². The summed E-state index contributed by atoms with van der Waals surface area (Å²) in [6.07, 6.45) is 2.21. The molecule has 1 aromatic heterocycles. The van der Waals surface area contributed by atoms with Crippen LogP contribution in [0.3, 0.4) is 0 Å². The maximum absolute atomic E-state index is 13.1. The maximum atomic E-state index is 13.1. The van der Waals surface area contributed by atoms with Gasteiger partial charge in [0.15, 0.2) is 5.16 Å². The molecule has 0 saturated heterocycles. The summed E-state index contributed by atoms with van der Waals surface area (Å²) in [5.74, 6) is 0.650. The molecule has 0 fully saturated rings. The number of nitrogens with zero attached hydrogens (tertiary/aromatic N) is 2. The van der Waals surface area contributed by atoms with Crippen LogP contribution in [0, 0.1) is 0 Å². The number of methoxy groups -OCH3 is 1. The lowest BCUT2D eigenvalue weighted by atomic mass is 10.0. The minimum absolute atomic E-state index is 0.0178. The number of amides is 1. The van der Waals surface area contributed by atoms with Crippen molar-refractivity contribution >= 4 is 40.9 Å². The van der Waals surface area contributed by atoms with E-state index in [4.69, 9.17) is 32.9 Å². The zero-order valence-corrected chi connectivity index (χ0v) is 22.2. The van der Waals surface area contributed by atoms with Crippen LogP contribution in [-0.4, -0.2) is 34.9 Å². The number of hydrogen-bond acceptors (Lipinski definition) is 5. The van der Waals surface area contributed by atoms with Crippen LogP contribution in [0.15, 0.2) is 58.5 Å². The average molecular weight is 535 g/mol. The Hall–Kier alpha value is -2.32. The first-order valence-corrected chi connectivity index (χ1v) is 13.1. The highest BCUT2D eigenvalue weighted by Crippen LogP contribution is 2.21. The zero-order chi connectivity index (χ0) is 25.2. The molecule has 186 valence electrons. The molecule has 0 saturated carbocycles. The Morgan fingerprint density at radius 2 is 1.94 bits per heavy atom. The van der Waals surface area contributed by atoms with Gasteiger partial charge in [-0.05, 0) is 36.1 Å². The standard InChI is InChI=1S/C26H29Cl2N3O3S/c1-31-25(33)21(15-18-7-4-3-5-8-18)23(17-34-2)30-26(31)35-14-6-9-24(32)29-13-12-19-10-11-20(27)16-22(19)28/h3-5,7-8,10-11,16H,6,9,12-15,17H2,1-2H3,(H,29,32). The molecule has 0 bridgehead atoms. The lowest BCUT2D eigenvalue weighted by molar-refractivity contribution is -0.121. The second-order valence-electron chi connectivity index (χ2n) is 8.07. The summed E-state index contributed by atoms with van der Waals surface area (Å²) in [7, 11) is 3.33. The molecule has 3 rings (SSSR count). The summed E-state index contributed by atoms with van der Waals surface area (Å²) in [5, 5.41) is 4.73. The molecule has 9 heteroatoms. The van der Waals surface area contributed by atoms with Crippen molar-refractivity contribution in [2.45, 2.75) is 37.4 Å². The highest BCUT2D eigenvalue weighted by molar-refractivity contribution is 7.99. The topological polar surface area (TPSA) is 73.2 Å². The normalized spacial score (nSPS) is 11.0. The summed E-state index contributed by atoms with van der Waals surface area (Å²) in [6.45, 7) is 0.776. The first kappa shape index (κ1) is 27.3. The van der Waals surface area contributed by atoms with Crippen molar-refractivity contribution < 1.29 is 9.53 Å². The van der Waals surface area contributed by atoms with Gasteiger partial charge < -0.3 is 10.1 Å². The third kappa shape index (κ3) is 8.10. The number of nitrogens with one attached hydrogen (secondary N) is 1. The lowest BCUT2D eigenvalue weighted by Gasteiger charge is -2.14. The van der Waals surface area contributed by atoms with Gasteiger partial charge in [0.05, 0.1) is 12.3 Å². The third-order valence-electron chi connectivity index (χ3n) is 5.44. The molecule has 3 aromatic rings. The molecule has 6 nitrogen and oxygen atoms in total. The van der Waals surface area contributed by atoms with E-state index in [1.807, 2.05) is 36.4 Å². The summed E-state index contributed by atoms with van der Waals surface area (Å²) in [6, 6.07) is 15.2. The van der Waals surface area contributed by atoms with Gasteiger partial charge in [-0.1, -0.05) is 71.4 Å². The molecule has 1 N–H and O–H groups in total. The van der Waals surface area contributed by atoms with Crippen molar-refractivity contribution in [3.63, 3.8) is 0 Å². The highest BCUT2D eigenvalue weighted by atomic mass is 35.5. The summed E-state index contributed by atoms with van der Waals surface area (Å²) in [5.41, 5.74) is 3.22. The summed E-state index contributed by atoms with van der Waals surface area (Å²) < 4.78 is 6.89. The quantitative estimate of drug-likeness (QED) is 0.200. The van der Waals surface area contributed by atoms with E-state index in [0.717, 1.165) is 11.1 Å². The van der Waals surface area contributed by atoms with Gasteiger partial charge in [-0.15, -0.1) is 0 Å². The van der Waals surface area contributed by atoms with Gasteiger partial charge in [0.25, 0.3) is 5.56 Å². The Bertz CT molecular complexity index is 1200. The monoisotopic (exact) mass is 533 g/mol. The largest absolute Gasteiger partial charge is 0.378 e. The van der Waals surface area contributed by atoms with Gasteiger partial charge in [0.1, 0.15) is 0 Å². The molecule has 2 aromatic carbocycles. The SMILES string of the molecule is COCc1nc(SCCCC(=O)NCCc2ccc(Cl)cc2Cl)n(C)c(=O)c1Cc1ccccc1. The molecule has 0 atom stereocenters. The molecule has 35 heavy (non-hydrogen) atoms. The van der Waals surface area contributed by atoms with E-state index in [1.165, 1.54) is 11.8 Å². The smallest absolute Gasteiger partial charge is 0.257 e. The number of halogens is 2. The minimum Gasteiger partial charge on any atom is -0.378 e. The van der Waals surface area contributed by atoms with E-state index in [2.05, 4.69) is 5.32 Å². The van der Waals surface area contributed by atoms with Crippen LogP contribution in [0.2, 0.25) is 10.0 Å². The molecular weight excluding hydrogens is 505 g/mol. The van der Waals surface area contributed by atoms with E-state index in [-0.39, 0.29) is 18.1 Å². The Balaban J connectivity index is 1.51. The Labute approximate surface area is 220 Å². The fourth-order valence-corrected chi connectivity index (χ4v) is 5.00. The predicted molar refractivity (Wildman–Crippen MR) is 143 cm³/mol. The van der Waals surface area contributed by atoms with E-state index in [0.29, 0.717) is 64.4 Å². The average Bonchev–Trinajstić information content (AvgIpc) is 2.84. The molecule has 0 spiro atoms. The van der Waals surface area contributed by atoms with Crippen molar-refractivity contribution in [3.05, 3.63) is 91.3 Å². The van der Waals surface area contributed by atoms with Crippen LogP contribution >= 0.6 is 35.0 Å². The van der Waals surface area contributed by atoms with E-state index >= 15 is 0 Å². The van der Waals surface area contributed by atoms with Gasteiger partial charge in [-0.3, -0.25) is 14.2 Å². The van der Waals surface area contributed by atoms with Crippen LogP contribution in [0.1, 0.15) is 35.2 Å². The van der Waals surface area contributed by atoms with E-state index in [9.17, 15) is 9.59 Å². The molecular formula is C26H29Cl2N3O3S. The van der Waals surface area contributed by atoms with Gasteiger partial charge in [0, 0.05) is 54.9 Å². The van der Waals surface area contributed by atoms with Crippen molar-refractivity contribution in [1.82, 2.24) is 14.9 Å². The van der Waals surface area contributed by atoms with Crippen LogP contribution in [0.4, 0.5) is 0 Å². The Kier molecular flexibility index (Phi) is 10.7. The fraction of sp³-hybridized carbons (Fsp3) is 0.346. The number of benzene rings is 2. The number of hydrogen-bond donors (Lipinski definition) is 1. The highest BCUT2D eigenvalue weighted by Gasteiger charge is 2.16. The van der Waals surface area contributed by atoms with Gasteiger partial charge in [-0.25, -0.2) is 4.98 Å². The molecule has 0 radical (unpaired) electrons. The van der Waals surface area contributed by atoms with Crippen LogP contribution in [0.25, 0.3) is 0 Å². The second-order valence-corrected chi connectivity index (χ2v) is 9.97. The van der Waals surface area contributed by atoms with E-state index < -0.39 is 0 Å². The van der Waals surface area contributed by atoms with Crippen LogP contribution < -0.4 is 10.9 Å². The zero-order valence-electron chi connectivity index (χ0n) is 19.9. The molecule has 0 unspecified atom stereocenters. The molecule has 1 amide bonds. The van der Waals surface area contributed by atoms with Crippen molar-refractivity contribution in [2.75, 3.05) is 19.4 Å². The molecule has 0 aliphatic rings.